The van der Waals surface area contributed by atoms with Gasteiger partial charge in [0.25, 0.3) is 0 Å². The summed E-state index contributed by atoms with van der Waals surface area (Å²) in [6.45, 7) is 8.40. The summed E-state index contributed by atoms with van der Waals surface area (Å²) in [5.41, 5.74) is 0.599. The maximum Gasteiger partial charge on any atom is 0.313 e. The van der Waals surface area contributed by atoms with Crippen molar-refractivity contribution in [1.82, 2.24) is 0 Å². The normalized spacial score (nSPS) is 39.6. The molecule has 150 valence electrons. The monoisotopic (exact) mass is 378 g/mol. The molecule has 3 fully saturated rings. The quantitative estimate of drug-likeness (QED) is 0.402. The van der Waals surface area contributed by atoms with Gasteiger partial charge in [-0.3, -0.25) is 9.59 Å². The number of hydrogen-bond acceptors (Lipinski definition) is 6. The number of carbonyl (C=O) groups excluding carboxylic acids is 2. The SMILES string of the molecule is CC1=CC2OC2CC1C(=O)OCC(C)(C)COC(=O)C1CC2OC2CC1C. The van der Waals surface area contributed by atoms with E-state index in [-0.39, 0.29) is 61.2 Å². The maximum atomic E-state index is 12.5. The van der Waals surface area contributed by atoms with Crippen LogP contribution in [-0.2, 0) is 28.5 Å². The molecule has 6 heteroatoms. The molecular formula is C21H30O6. The smallest absolute Gasteiger partial charge is 0.313 e. The van der Waals surface area contributed by atoms with Crippen LogP contribution in [0.4, 0.5) is 0 Å². The van der Waals surface area contributed by atoms with Gasteiger partial charge in [0.05, 0.1) is 43.4 Å². The van der Waals surface area contributed by atoms with Gasteiger partial charge in [-0.25, -0.2) is 0 Å². The molecule has 2 saturated heterocycles. The van der Waals surface area contributed by atoms with Crippen molar-refractivity contribution in [1.29, 1.82) is 0 Å². The molecule has 27 heavy (non-hydrogen) atoms. The molecule has 6 nitrogen and oxygen atoms in total. The summed E-state index contributed by atoms with van der Waals surface area (Å²) in [6, 6.07) is 0. The van der Waals surface area contributed by atoms with Crippen molar-refractivity contribution in [2.45, 2.75) is 71.4 Å². The van der Waals surface area contributed by atoms with Gasteiger partial charge in [0, 0.05) is 5.41 Å². The maximum absolute atomic E-state index is 12.5. The molecule has 2 aliphatic heterocycles. The molecule has 0 aromatic carbocycles. The molecule has 0 aromatic rings. The van der Waals surface area contributed by atoms with Crippen LogP contribution in [0.5, 0.6) is 0 Å². The summed E-state index contributed by atoms with van der Waals surface area (Å²) in [5, 5.41) is 0. The second-order valence-corrected chi connectivity index (χ2v) is 9.49. The van der Waals surface area contributed by atoms with Crippen LogP contribution in [0.3, 0.4) is 0 Å². The van der Waals surface area contributed by atoms with Crippen LogP contribution in [0, 0.1) is 23.2 Å². The van der Waals surface area contributed by atoms with E-state index in [0.717, 1.165) is 18.4 Å². The lowest BCUT2D eigenvalue weighted by Gasteiger charge is -2.28. The van der Waals surface area contributed by atoms with Gasteiger partial charge in [-0.2, -0.15) is 0 Å². The van der Waals surface area contributed by atoms with Gasteiger partial charge in [0.2, 0.25) is 0 Å². The van der Waals surface area contributed by atoms with Crippen molar-refractivity contribution < 1.29 is 28.5 Å². The Bertz CT molecular complexity index is 653. The summed E-state index contributed by atoms with van der Waals surface area (Å²) >= 11 is 0. The number of ether oxygens (including phenoxy) is 4. The third-order valence-corrected chi connectivity index (χ3v) is 6.33. The first-order chi connectivity index (χ1) is 12.7. The first kappa shape index (κ1) is 18.9. The minimum atomic E-state index is -0.424. The first-order valence-electron chi connectivity index (χ1n) is 10.1. The predicted molar refractivity (Wildman–Crippen MR) is 96.8 cm³/mol. The third kappa shape index (κ3) is 4.21. The minimum absolute atomic E-state index is 0.0892. The number of esters is 2. The molecule has 0 spiro atoms. The van der Waals surface area contributed by atoms with Crippen LogP contribution in [0.15, 0.2) is 11.6 Å². The van der Waals surface area contributed by atoms with Crippen molar-refractivity contribution >= 4 is 11.9 Å². The molecule has 0 radical (unpaired) electrons. The molecule has 0 N–H and O–H groups in total. The fourth-order valence-electron chi connectivity index (χ4n) is 4.29. The Kier molecular flexibility index (Phi) is 4.83. The zero-order chi connectivity index (χ0) is 19.3. The summed E-state index contributed by atoms with van der Waals surface area (Å²) in [5.74, 6) is -0.388. The Hall–Kier alpha value is -1.40. The van der Waals surface area contributed by atoms with Crippen molar-refractivity contribution in [3.8, 4) is 0 Å². The van der Waals surface area contributed by atoms with Crippen molar-refractivity contribution in [2.75, 3.05) is 13.2 Å². The van der Waals surface area contributed by atoms with Crippen LogP contribution in [-0.4, -0.2) is 49.6 Å². The van der Waals surface area contributed by atoms with Crippen molar-refractivity contribution in [2.24, 2.45) is 23.2 Å². The molecule has 0 amide bonds. The molecule has 0 bridgehead atoms. The molecule has 4 rings (SSSR count). The molecule has 2 heterocycles. The van der Waals surface area contributed by atoms with E-state index in [1.54, 1.807) is 0 Å². The Morgan fingerprint density at radius 3 is 2.44 bits per heavy atom. The van der Waals surface area contributed by atoms with E-state index in [2.05, 4.69) is 6.92 Å². The van der Waals surface area contributed by atoms with Crippen LogP contribution in [0.2, 0.25) is 0 Å². The van der Waals surface area contributed by atoms with Gasteiger partial charge in [-0.15, -0.1) is 0 Å². The number of epoxide rings is 2. The molecule has 1 saturated carbocycles. The molecule has 4 aliphatic rings. The Labute approximate surface area is 160 Å². The summed E-state index contributed by atoms with van der Waals surface area (Å²) in [6.07, 6.45) is 5.39. The van der Waals surface area contributed by atoms with E-state index in [4.69, 9.17) is 18.9 Å². The fraction of sp³-hybridized carbons (Fsp3) is 0.810. The van der Waals surface area contributed by atoms with Crippen LogP contribution in [0.1, 0.15) is 47.0 Å². The van der Waals surface area contributed by atoms with E-state index < -0.39 is 5.41 Å². The van der Waals surface area contributed by atoms with E-state index >= 15 is 0 Å². The van der Waals surface area contributed by atoms with Gasteiger partial charge in [0.1, 0.15) is 6.10 Å². The van der Waals surface area contributed by atoms with E-state index in [1.165, 1.54) is 0 Å². The van der Waals surface area contributed by atoms with Gasteiger partial charge >= 0.3 is 11.9 Å². The zero-order valence-corrected chi connectivity index (χ0v) is 16.6. The van der Waals surface area contributed by atoms with Crippen molar-refractivity contribution in [3.63, 3.8) is 0 Å². The first-order valence-corrected chi connectivity index (χ1v) is 10.1. The Morgan fingerprint density at radius 1 is 1.04 bits per heavy atom. The highest BCUT2D eigenvalue weighted by Gasteiger charge is 2.49. The standard InChI is InChI=1S/C21H30O6/c1-11-5-15-17(26-15)7-13(11)19(22)24-9-21(3,4)10-25-20(23)14-8-18-16(27-18)6-12(14)2/h5,12-18H,6-10H2,1-4H3. The topological polar surface area (TPSA) is 77.7 Å². The van der Waals surface area contributed by atoms with E-state index in [0.29, 0.717) is 12.5 Å². The van der Waals surface area contributed by atoms with Crippen molar-refractivity contribution in [3.05, 3.63) is 11.6 Å². The highest BCUT2D eigenvalue weighted by molar-refractivity contribution is 5.76. The molecular weight excluding hydrogens is 348 g/mol. The second-order valence-electron chi connectivity index (χ2n) is 9.49. The lowest BCUT2D eigenvalue weighted by atomic mass is 9.80. The number of carbonyl (C=O) groups is 2. The van der Waals surface area contributed by atoms with Gasteiger partial charge in [-0.05, 0) is 32.1 Å². The van der Waals surface area contributed by atoms with Gasteiger partial charge in [-0.1, -0.05) is 32.4 Å². The average molecular weight is 378 g/mol. The molecule has 0 aromatic heterocycles. The lowest BCUT2D eigenvalue weighted by molar-refractivity contribution is -0.158. The van der Waals surface area contributed by atoms with E-state index in [1.807, 2.05) is 26.8 Å². The second kappa shape index (κ2) is 6.89. The molecule has 7 atom stereocenters. The highest BCUT2D eigenvalue weighted by Crippen LogP contribution is 2.43. The predicted octanol–water partition coefficient (Wildman–Crippen LogP) is 2.65. The lowest BCUT2D eigenvalue weighted by Crippen LogP contribution is -2.35. The zero-order valence-electron chi connectivity index (χ0n) is 16.6. The largest absolute Gasteiger partial charge is 0.465 e. The summed E-state index contributed by atoms with van der Waals surface area (Å²) < 4.78 is 22.2. The van der Waals surface area contributed by atoms with Crippen LogP contribution < -0.4 is 0 Å². The Morgan fingerprint density at radius 2 is 1.70 bits per heavy atom. The molecule has 2 aliphatic carbocycles. The highest BCUT2D eigenvalue weighted by atomic mass is 16.6. The summed E-state index contributed by atoms with van der Waals surface area (Å²) in [7, 11) is 0. The summed E-state index contributed by atoms with van der Waals surface area (Å²) in [4.78, 5) is 24.9. The number of rotatable bonds is 6. The van der Waals surface area contributed by atoms with E-state index in [9.17, 15) is 9.59 Å². The van der Waals surface area contributed by atoms with Crippen LogP contribution >= 0.6 is 0 Å². The number of fused-ring (bicyclic) bond motifs is 2. The average Bonchev–Trinajstić information content (AvgIpc) is 3.51. The van der Waals surface area contributed by atoms with Gasteiger partial charge in [0.15, 0.2) is 0 Å². The molecule has 7 unspecified atom stereocenters. The van der Waals surface area contributed by atoms with Gasteiger partial charge < -0.3 is 18.9 Å². The Balaban J connectivity index is 1.22. The van der Waals surface area contributed by atoms with Crippen LogP contribution in [0.25, 0.3) is 0 Å². The third-order valence-electron chi connectivity index (χ3n) is 6.33. The number of hydrogen-bond donors (Lipinski definition) is 0. The fourth-order valence-corrected chi connectivity index (χ4v) is 4.29. The minimum Gasteiger partial charge on any atom is -0.465 e.